The number of amides is 1. The van der Waals surface area contributed by atoms with E-state index in [1.807, 2.05) is 0 Å². The lowest BCUT2D eigenvalue weighted by Crippen LogP contribution is -2.35. The Hall–Kier alpha value is -1.96. The Morgan fingerprint density at radius 1 is 1.39 bits per heavy atom. The summed E-state index contributed by atoms with van der Waals surface area (Å²) >= 11 is 0. The van der Waals surface area contributed by atoms with Gasteiger partial charge in [0.05, 0.1) is 21.6 Å². The van der Waals surface area contributed by atoms with Crippen molar-refractivity contribution in [2.45, 2.75) is 25.2 Å². The Bertz CT molecular complexity index is 761. The van der Waals surface area contributed by atoms with Crippen LogP contribution in [-0.4, -0.2) is 49.1 Å². The summed E-state index contributed by atoms with van der Waals surface area (Å²) in [6.45, 7) is 3.13. The lowest BCUT2D eigenvalue weighted by Gasteiger charge is -2.20. The fourth-order valence-corrected chi connectivity index (χ4v) is 3.41. The summed E-state index contributed by atoms with van der Waals surface area (Å²) in [4.78, 5) is 24.8. The molecule has 0 radical (unpaired) electrons. The number of carboxylic acid groups (broad SMARTS) is 1. The van der Waals surface area contributed by atoms with Crippen molar-refractivity contribution in [3.05, 3.63) is 29.6 Å². The number of likely N-dealkylation sites (tertiary alicyclic amines) is 1. The molecule has 126 valence electrons. The molecule has 1 saturated heterocycles. The molecule has 1 aromatic carbocycles. The first-order chi connectivity index (χ1) is 10.6. The Morgan fingerprint density at radius 2 is 2.04 bits per heavy atom. The minimum atomic E-state index is -3.56. The number of nitrogens with zero attached hydrogens (tertiary/aromatic N) is 1. The third-order valence-electron chi connectivity index (χ3n) is 4.18. The van der Waals surface area contributed by atoms with Gasteiger partial charge in [0.15, 0.2) is 9.84 Å². The van der Waals surface area contributed by atoms with Crippen molar-refractivity contribution < 1.29 is 27.5 Å². The minimum Gasteiger partial charge on any atom is -0.481 e. The third-order valence-corrected chi connectivity index (χ3v) is 5.92. The first-order valence-electron chi connectivity index (χ1n) is 7.16. The Balaban J connectivity index is 2.34. The molecule has 23 heavy (non-hydrogen) atoms. The van der Waals surface area contributed by atoms with E-state index in [0.29, 0.717) is 0 Å². The average molecular weight is 343 g/mol. The number of halogens is 1. The van der Waals surface area contributed by atoms with Gasteiger partial charge in [-0.1, -0.05) is 6.92 Å². The molecule has 0 aliphatic carbocycles. The Morgan fingerprint density at radius 3 is 2.57 bits per heavy atom. The number of carbonyl (C=O) groups is 2. The smallest absolute Gasteiger partial charge is 0.311 e. The van der Waals surface area contributed by atoms with Crippen molar-refractivity contribution in [3.8, 4) is 0 Å². The van der Waals surface area contributed by atoms with E-state index in [1.54, 1.807) is 0 Å². The molecular formula is C15H18FNO5S. The van der Waals surface area contributed by atoms with Crippen LogP contribution in [0.1, 0.15) is 30.6 Å². The summed E-state index contributed by atoms with van der Waals surface area (Å²) in [5.41, 5.74) is -1.42. The van der Waals surface area contributed by atoms with Gasteiger partial charge in [0, 0.05) is 13.1 Å². The number of hydrogen-bond acceptors (Lipinski definition) is 4. The van der Waals surface area contributed by atoms with Crippen LogP contribution in [0.5, 0.6) is 0 Å². The van der Waals surface area contributed by atoms with Gasteiger partial charge >= 0.3 is 5.97 Å². The zero-order valence-corrected chi connectivity index (χ0v) is 13.7. The van der Waals surface area contributed by atoms with Crippen molar-refractivity contribution in [3.63, 3.8) is 0 Å². The number of carboxylic acids is 1. The third kappa shape index (κ3) is 3.21. The molecular weight excluding hydrogens is 325 g/mol. The molecule has 8 heteroatoms. The highest BCUT2D eigenvalue weighted by molar-refractivity contribution is 7.91. The highest BCUT2D eigenvalue weighted by Gasteiger charge is 2.42. The first kappa shape index (κ1) is 17.4. The summed E-state index contributed by atoms with van der Waals surface area (Å²) < 4.78 is 37.7. The van der Waals surface area contributed by atoms with Crippen molar-refractivity contribution in [2.75, 3.05) is 18.8 Å². The van der Waals surface area contributed by atoms with E-state index in [9.17, 15) is 27.5 Å². The van der Waals surface area contributed by atoms with Crippen LogP contribution in [0.4, 0.5) is 4.39 Å². The molecule has 1 heterocycles. The van der Waals surface area contributed by atoms with Crippen LogP contribution in [0.25, 0.3) is 0 Å². The largest absolute Gasteiger partial charge is 0.481 e. The maximum absolute atomic E-state index is 14.0. The summed E-state index contributed by atoms with van der Waals surface area (Å²) in [7, 11) is -3.56. The number of rotatable bonds is 4. The molecule has 1 aliphatic heterocycles. The van der Waals surface area contributed by atoms with Gasteiger partial charge in [-0.05, 0) is 31.5 Å². The van der Waals surface area contributed by atoms with E-state index in [1.165, 1.54) is 18.7 Å². The molecule has 1 aromatic rings. The van der Waals surface area contributed by atoms with Crippen LogP contribution in [0.3, 0.4) is 0 Å². The predicted octanol–water partition coefficient (Wildman–Crippen LogP) is 1.56. The number of benzene rings is 1. The van der Waals surface area contributed by atoms with Crippen molar-refractivity contribution in [2.24, 2.45) is 5.41 Å². The van der Waals surface area contributed by atoms with Crippen LogP contribution >= 0.6 is 0 Å². The highest BCUT2D eigenvalue weighted by atomic mass is 32.2. The predicted molar refractivity (Wildman–Crippen MR) is 80.4 cm³/mol. The molecule has 2 rings (SSSR count). The quantitative estimate of drug-likeness (QED) is 0.838. The molecule has 0 aromatic heterocycles. The summed E-state index contributed by atoms with van der Waals surface area (Å²) in [6.07, 6.45) is 0.267. The van der Waals surface area contributed by atoms with Crippen LogP contribution < -0.4 is 0 Å². The van der Waals surface area contributed by atoms with Gasteiger partial charge in [0.1, 0.15) is 5.82 Å². The van der Waals surface area contributed by atoms with E-state index < -0.39 is 32.9 Å². The topological polar surface area (TPSA) is 91.8 Å². The monoisotopic (exact) mass is 343 g/mol. The second-order valence-corrected chi connectivity index (χ2v) is 8.17. The van der Waals surface area contributed by atoms with Crippen LogP contribution in [0.2, 0.25) is 0 Å². The van der Waals surface area contributed by atoms with E-state index in [-0.39, 0.29) is 35.7 Å². The fraction of sp³-hybridized carbons (Fsp3) is 0.467. The average Bonchev–Trinajstić information content (AvgIpc) is 2.91. The zero-order chi connectivity index (χ0) is 17.4. The van der Waals surface area contributed by atoms with Gasteiger partial charge in [0.25, 0.3) is 5.91 Å². The standard InChI is InChI=1S/C15H18FNO5S/c1-3-23(21,22)10-4-5-12(16)11(8-10)13(18)17-7-6-15(2,9-17)14(19)20/h4-5,8H,3,6-7,9H2,1-2H3,(H,19,20). The lowest BCUT2D eigenvalue weighted by molar-refractivity contribution is -0.147. The molecule has 1 amide bonds. The van der Waals surface area contributed by atoms with E-state index in [4.69, 9.17) is 0 Å². The SMILES string of the molecule is CCS(=O)(=O)c1ccc(F)c(C(=O)N2CCC(C)(C(=O)O)C2)c1. The van der Waals surface area contributed by atoms with Crippen molar-refractivity contribution in [1.82, 2.24) is 4.90 Å². The molecule has 1 fully saturated rings. The van der Waals surface area contributed by atoms with Gasteiger partial charge < -0.3 is 10.0 Å². The number of aliphatic carboxylic acids is 1. The second kappa shape index (κ2) is 5.92. The van der Waals surface area contributed by atoms with Crippen LogP contribution in [0, 0.1) is 11.2 Å². The Labute approximate surface area is 133 Å². The molecule has 1 N–H and O–H groups in total. The summed E-state index contributed by atoms with van der Waals surface area (Å²) in [5.74, 6) is -2.70. The summed E-state index contributed by atoms with van der Waals surface area (Å²) in [6, 6.07) is 3.09. The maximum Gasteiger partial charge on any atom is 0.311 e. The van der Waals surface area contributed by atoms with Gasteiger partial charge in [-0.3, -0.25) is 9.59 Å². The first-order valence-corrected chi connectivity index (χ1v) is 8.81. The van der Waals surface area contributed by atoms with Gasteiger partial charge in [0.2, 0.25) is 0 Å². The molecule has 6 nitrogen and oxygen atoms in total. The number of carbonyl (C=O) groups excluding carboxylic acids is 1. The molecule has 1 aliphatic rings. The molecule has 1 unspecified atom stereocenters. The molecule has 0 saturated carbocycles. The number of hydrogen-bond donors (Lipinski definition) is 1. The molecule has 1 atom stereocenters. The molecule has 0 spiro atoms. The Kier molecular flexibility index (Phi) is 4.48. The normalized spacial score (nSPS) is 21.4. The van der Waals surface area contributed by atoms with E-state index in [0.717, 1.165) is 18.2 Å². The number of sulfone groups is 1. The zero-order valence-electron chi connectivity index (χ0n) is 12.9. The van der Waals surface area contributed by atoms with Gasteiger partial charge in [-0.15, -0.1) is 0 Å². The van der Waals surface area contributed by atoms with Crippen LogP contribution in [0.15, 0.2) is 23.1 Å². The minimum absolute atomic E-state index is 0.0363. The van der Waals surface area contributed by atoms with Crippen molar-refractivity contribution >= 4 is 21.7 Å². The van der Waals surface area contributed by atoms with Gasteiger partial charge in [-0.2, -0.15) is 0 Å². The second-order valence-electron chi connectivity index (χ2n) is 5.89. The van der Waals surface area contributed by atoms with Crippen molar-refractivity contribution in [1.29, 1.82) is 0 Å². The lowest BCUT2D eigenvalue weighted by atomic mass is 9.90. The highest BCUT2D eigenvalue weighted by Crippen LogP contribution is 2.31. The molecule has 0 bridgehead atoms. The summed E-state index contributed by atoms with van der Waals surface area (Å²) in [5, 5.41) is 9.19. The maximum atomic E-state index is 14.0. The van der Waals surface area contributed by atoms with E-state index >= 15 is 0 Å². The fourth-order valence-electron chi connectivity index (χ4n) is 2.51. The van der Waals surface area contributed by atoms with Crippen LogP contribution in [-0.2, 0) is 14.6 Å². The van der Waals surface area contributed by atoms with Gasteiger partial charge in [-0.25, -0.2) is 12.8 Å². The van der Waals surface area contributed by atoms with E-state index in [2.05, 4.69) is 0 Å².